The molecule has 1 atom stereocenters. The summed E-state index contributed by atoms with van der Waals surface area (Å²) in [5.41, 5.74) is 6.91. The van der Waals surface area contributed by atoms with Gasteiger partial charge in [-0.15, -0.1) is 5.10 Å². The van der Waals surface area contributed by atoms with Crippen LogP contribution in [0.2, 0.25) is 0 Å². The topological polar surface area (TPSA) is 94.0 Å². The van der Waals surface area contributed by atoms with Crippen LogP contribution in [0.25, 0.3) is 10.8 Å². The minimum atomic E-state index is -0.261. The minimum absolute atomic E-state index is 0.261. The molecule has 19 heavy (non-hydrogen) atoms. The molecule has 0 aliphatic heterocycles. The Balaban J connectivity index is 2.18. The molecular weight excluding hydrogens is 264 g/mol. The second-order valence-corrected chi connectivity index (χ2v) is 5.38. The van der Waals surface area contributed by atoms with Crippen LogP contribution in [-0.2, 0) is 6.42 Å². The summed E-state index contributed by atoms with van der Waals surface area (Å²) in [7, 11) is 3.90. The van der Waals surface area contributed by atoms with Gasteiger partial charge < -0.3 is 15.2 Å². The highest BCUT2D eigenvalue weighted by atomic mass is 32.1. The molecule has 2 N–H and O–H groups in total. The van der Waals surface area contributed by atoms with E-state index in [1.165, 1.54) is 11.5 Å². The van der Waals surface area contributed by atoms with Crippen molar-refractivity contribution in [3.8, 4) is 10.8 Å². The van der Waals surface area contributed by atoms with Crippen molar-refractivity contribution in [2.45, 2.75) is 25.8 Å². The molecule has 2 aromatic rings. The average Bonchev–Trinajstić information content (AvgIpc) is 2.95. The zero-order valence-electron chi connectivity index (χ0n) is 11.3. The van der Waals surface area contributed by atoms with E-state index < -0.39 is 0 Å². The van der Waals surface area contributed by atoms with Gasteiger partial charge in [-0.25, -0.2) is 0 Å². The molecule has 0 amide bonds. The molecule has 2 rings (SSSR count). The molecule has 0 bridgehead atoms. The Morgan fingerprint density at radius 1 is 1.42 bits per heavy atom. The van der Waals surface area contributed by atoms with Crippen molar-refractivity contribution in [1.82, 2.24) is 24.6 Å². The third-order valence-electron chi connectivity index (χ3n) is 2.57. The van der Waals surface area contributed by atoms with Gasteiger partial charge in [-0.2, -0.15) is 4.98 Å². The summed E-state index contributed by atoms with van der Waals surface area (Å²) in [5, 5.41) is 8.03. The van der Waals surface area contributed by atoms with E-state index in [-0.39, 0.29) is 6.04 Å². The molecule has 2 heterocycles. The van der Waals surface area contributed by atoms with Crippen LogP contribution in [0, 0.1) is 0 Å². The van der Waals surface area contributed by atoms with Crippen molar-refractivity contribution in [3.63, 3.8) is 0 Å². The van der Waals surface area contributed by atoms with Crippen molar-refractivity contribution >= 4 is 11.5 Å². The minimum Gasteiger partial charge on any atom is -0.333 e. The molecule has 0 fully saturated rings. The Bertz CT molecular complexity index is 523. The van der Waals surface area contributed by atoms with E-state index in [9.17, 15) is 0 Å². The summed E-state index contributed by atoms with van der Waals surface area (Å²) < 4.78 is 9.21. The molecule has 0 radical (unpaired) electrons. The van der Waals surface area contributed by atoms with Gasteiger partial charge in [0.1, 0.15) is 4.88 Å². The lowest BCUT2D eigenvalue weighted by Gasteiger charge is -2.12. The smallest absolute Gasteiger partial charge is 0.271 e. The number of nitrogens with two attached hydrogens (primary N) is 1. The highest BCUT2D eigenvalue weighted by Gasteiger charge is 2.20. The Hall–Kier alpha value is -1.38. The molecule has 0 aliphatic rings. The lowest BCUT2D eigenvalue weighted by molar-refractivity contribution is 0.357. The van der Waals surface area contributed by atoms with Gasteiger partial charge in [0, 0.05) is 6.54 Å². The van der Waals surface area contributed by atoms with Gasteiger partial charge in [0.2, 0.25) is 0 Å². The SMILES string of the molecule is CCCc1nnsc1-c1nc(C(N)CN(C)C)no1. The first-order chi connectivity index (χ1) is 9.11. The summed E-state index contributed by atoms with van der Waals surface area (Å²) in [6.45, 7) is 2.76. The number of hydrogen-bond donors (Lipinski definition) is 1. The Morgan fingerprint density at radius 3 is 2.89 bits per heavy atom. The maximum atomic E-state index is 6.00. The summed E-state index contributed by atoms with van der Waals surface area (Å²) in [5.74, 6) is 0.974. The van der Waals surface area contributed by atoms with E-state index in [0.29, 0.717) is 18.3 Å². The quantitative estimate of drug-likeness (QED) is 0.847. The van der Waals surface area contributed by atoms with Crippen molar-refractivity contribution in [2.75, 3.05) is 20.6 Å². The van der Waals surface area contributed by atoms with E-state index in [1.807, 2.05) is 19.0 Å². The van der Waals surface area contributed by atoms with E-state index in [2.05, 4.69) is 26.7 Å². The molecule has 0 spiro atoms. The number of rotatable bonds is 6. The standard InChI is InChI=1S/C11H18N6OS/c1-4-5-8-9(19-16-14-8)11-13-10(15-18-11)7(12)6-17(2)3/h7H,4-6,12H2,1-3H3. The van der Waals surface area contributed by atoms with Crippen LogP contribution in [0.3, 0.4) is 0 Å². The lowest BCUT2D eigenvalue weighted by Crippen LogP contribution is -2.26. The predicted octanol–water partition coefficient (Wildman–Crippen LogP) is 1.10. The molecule has 1 unspecified atom stereocenters. The fraction of sp³-hybridized carbons (Fsp3) is 0.636. The van der Waals surface area contributed by atoms with Gasteiger partial charge in [-0.3, -0.25) is 0 Å². The Kier molecular flexibility index (Phi) is 4.56. The second-order valence-electron chi connectivity index (χ2n) is 4.63. The van der Waals surface area contributed by atoms with Gasteiger partial charge in [-0.05, 0) is 32.0 Å². The number of nitrogens with zero attached hydrogens (tertiary/aromatic N) is 5. The summed E-state index contributed by atoms with van der Waals surface area (Å²) >= 11 is 1.27. The average molecular weight is 282 g/mol. The van der Waals surface area contributed by atoms with Crippen molar-refractivity contribution in [3.05, 3.63) is 11.5 Å². The zero-order valence-corrected chi connectivity index (χ0v) is 12.1. The molecule has 0 aliphatic carbocycles. The van der Waals surface area contributed by atoms with Crippen LogP contribution in [0.4, 0.5) is 0 Å². The van der Waals surface area contributed by atoms with Gasteiger partial charge in [0.15, 0.2) is 5.82 Å². The number of likely N-dealkylation sites (N-methyl/N-ethyl adjacent to an activating group) is 1. The Labute approximate surface area is 116 Å². The molecule has 8 heteroatoms. The highest BCUT2D eigenvalue weighted by Crippen LogP contribution is 2.26. The molecule has 0 saturated heterocycles. The maximum absolute atomic E-state index is 6.00. The molecule has 0 saturated carbocycles. The monoisotopic (exact) mass is 282 g/mol. The van der Waals surface area contributed by atoms with Crippen LogP contribution in [0.1, 0.15) is 30.9 Å². The number of hydrogen-bond acceptors (Lipinski definition) is 8. The first-order valence-corrected chi connectivity index (χ1v) is 6.94. The van der Waals surface area contributed by atoms with Crippen LogP contribution < -0.4 is 5.73 Å². The normalized spacial score (nSPS) is 13.1. The molecular formula is C11H18N6OS. The molecule has 7 nitrogen and oxygen atoms in total. The molecule has 2 aromatic heterocycles. The zero-order chi connectivity index (χ0) is 13.8. The van der Waals surface area contributed by atoms with Crippen LogP contribution in [0.15, 0.2) is 4.52 Å². The van der Waals surface area contributed by atoms with Crippen molar-refractivity contribution in [2.24, 2.45) is 5.73 Å². The van der Waals surface area contributed by atoms with E-state index in [1.54, 1.807) is 0 Å². The first kappa shape index (κ1) is 14.0. The van der Waals surface area contributed by atoms with E-state index in [4.69, 9.17) is 10.3 Å². The highest BCUT2D eigenvalue weighted by molar-refractivity contribution is 7.09. The van der Waals surface area contributed by atoms with E-state index >= 15 is 0 Å². The van der Waals surface area contributed by atoms with Crippen LogP contribution in [0.5, 0.6) is 0 Å². The van der Waals surface area contributed by atoms with Gasteiger partial charge in [0.05, 0.1) is 11.7 Å². The largest absolute Gasteiger partial charge is 0.333 e. The second kappa shape index (κ2) is 6.18. The van der Waals surface area contributed by atoms with Gasteiger partial charge in [0.25, 0.3) is 5.89 Å². The fourth-order valence-corrected chi connectivity index (χ4v) is 2.35. The molecule has 104 valence electrons. The number of aromatic nitrogens is 4. The summed E-state index contributed by atoms with van der Waals surface area (Å²) in [6.07, 6.45) is 1.85. The van der Waals surface area contributed by atoms with Gasteiger partial charge >= 0.3 is 0 Å². The number of aryl methyl sites for hydroxylation is 1. The van der Waals surface area contributed by atoms with Gasteiger partial charge in [-0.1, -0.05) is 23.0 Å². The van der Waals surface area contributed by atoms with Crippen LogP contribution >= 0.6 is 11.5 Å². The van der Waals surface area contributed by atoms with Crippen molar-refractivity contribution in [1.29, 1.82) is 0 Å². The summed E-state index contributed by atoms with van der Waals surface area (Å²) in [6, 6.07) is -0.261. The van der Waals surface area contributed by atoms with Crippen molar-refractivity contribution < 1.29 is 4.52 Å². The van der Waals surface area contributed by atoms with E-state index in [0.717, 1.165) is 23.4 Å². The third kappa shape index (κ3) is 3.34. The first-order valence-electron chi connectivity index (χ1n) is 6.17. The fourth-order valence-electron chi connectivity index (χ4n) is 1.72. The third-order valence-corrected chi connectivity index (χ3v) is 3.33. The summed E-state index contributed by atoms with van der Waals surface area (Å²) in [4.78, 5) is 7.18. The van der Waals surface area contributed by atoms with Crippen LogP contribution in [-0.4, -0.2) is 45.3 Å². The lowest BCUT2D eigenvalue weighted by atomic mass is 10.2. The predicted molar refractivity (Wildman–Crippen MR) is 72.7 cm³/mol. The maximum Gasteiger partial charge on any atom is 0.271 e. The molecule has 0 aromatic carbocycles. The Morgan fingerprint density at radius 2 is 2.21 bits per heavy atom.